The van der Waals surface area contributed by atoms with Gasteiger partial charge < -0.3 is 15.2 Å². The van der Waals surface area contributed by atoms with Crippen LogP contribution in [0.2, 0.25) is 20.1 Å². The Morgan fingerprint density at radius 1 is 1.06 bits per heavy atom. The maximum Gasteiger partial charge on any atom is 0.253 e. The van der Waals surface area contributed by atoms with Gasteiger partial charge in [0.1, 0.15) is 0 Å². The molecule has 1 aromatic heterocycles. The normalized spacial score (nSPS) is 10.8. The number of hydrogen-bond donors (Lipinski definition) is 2. The molecule has 3 aromatic rings. The van der Waals surface area contributed by atoms with Crippen molar-refractivity contribution < 1.29 is 9.59 Å². The number of halogens is 4. The maximum absolute atomic E-state index is 12.4. The minimum Gasteiger partial charge on any atom is -0.345 e. The van der Waals surface area contributed by atoms with E-state index >= 15 is 0 Å². The van der Waals surface area contributed by atoms with Crippen molar-refractivity contribution >= 4 is 75.7 Å². The van der Waals surface area contributed by atoms with Gasteiger partial charge in [0, 0.05) is 11.6 Å². The number of carbonyl (C=O) groups is 2. The summed E-state index contributed by atoms with van der Waals surface area (Å²) in [4.78, 5) is 24.7. The third kappa shape index (κ3) is 6.08. The summed E-state index contributed by atoms with van der Waals surface area (Å²) in [5, 5.41) is 15.6. The molecule has 0 aliphatic carbocycles. The Balaban J connectivity index is 1.60. The minimum absolute atomic E-state index is 0.0910. The molecule has 12 heteroatoms. The highest BCUT2D eigenvalue weighted by Gasteiger charge is 2.16. The van der Waals surface area contributed by atoms with Crippen LogP contribution in [-0.4, -0.2) is 32.3 Å². The van der Waals surface area contributed by atoms with Crippen molar-refractivity contribution in [3.05, 3.63) is 67.9 Å². The number of nitrogens with zero attached hydrogens (tertiary/aromatic N) is 3. The molecule has 0 bridgehead atoms. The summed E-state index contributed by atoms with van der Waals surface area (Å²) in [6.45, 7) is 2.62. The van der Waals surface area contributed by atoms with Crippen molar-refractivity contribution in [2.75, 3.05) is 11.1 Å². The standard InChI is InChI=1S/C20H17Cl4N5O2S/c1-2-29-16(9-25-19(31)12-7-6-11(21)8-14(12)23)27-28-20(29)32-10-17(30)26-15-5-3-4-13(22)18(15)24/h3-8H,2,9-10H2,1H3,(H,25,31)(H,26,30). The van der Waals surface area contributed by atoms with Gasteiger partial charge in [-0.25, -0.2) is 0 Å². The van der Waals surface area contributed by atoms with Crippen LogP contribution in [0.1, 0.15) is 23.1 Å². The predicted octanol–water partition coefficient (Wildman–Crippen LogP) is 5.57. The lowest BCUT2D eigenvalue weighted by molar-refractivity contribution is -0.113. The van der Waals surface area contributed by atoms with Crippen molar-refractivity contribution in [3.63, 3.8) is 0 Å². The average molecular weight is 533 g/mol. The Morgan fingerprint density at radius 2 is 1.84 bits per heavy atom. The molecule has 1 heterocycles. The number of rotatable bonds is 8. The van der Waals surface area contributed by atoms with E-state index in [1.54, 1.807) is 30.3 Å². The van der Waals surface area contributed by atoms with Crippen molar-refractivity contribution in [1.82, 2.24) is 20.1 Å². The van der Waals surface area contributed by atoms with E-state index in [1.807, 2.05) is 11.5 Å². The van der Waals surface area contributed by atoms with Crippen LogP contribution in [0.25, 0.3) is 0 Å². The lowest BCUT2D eigenvalue weighted by Gasteiger charge is -2.10. The van der Waals surface area contributed by atoms with Crippen molar-refractivity contribution in [2.45, 2.75) is 25.2 Å². The number of benzene rings is 2. The summed E-state index contributed by atoms with van der Waals surface area (Å²) in [6.07, 6.45) is 0. The van der Waals surface area contributed by atoms with Crippen LogP contribution in [0, 0.1) is 0 Å². The summed E-state index contributed by atoms with van der Waals surface area (Å²) in [7, 11) is 0. The molecule has 0 aliphatic heterocycles. The van der Waals surface area contributed by atoms with Gasteiger partial charge >= 0.3 is 0 Å². The van der Waals surface area contributed by atoms with Gasteiger partial charge in [-0.1, -0.05) is 64.2 Å². The number of thioether (sulfide) groups is 1. The SMILES string of the molecule is CCn1c(CNC(=O)c2ccc(Cl)cc2Cl)nnc1SCC(=O)Nc1cccc(Cl)c1Cl. The molecule has 32 heavy (non-hydrogen) atoms. The fourth-order valence-electron chi connectivity index (χ4n) is 2.72. The van der Waals surface area contributed by atoms with Crippen LogP contribution < -0.4 is 10.6 Å². The van der Waals surface area contributed by atoms with Crippen LogP contribution >= 0.6 is 58.2 Å². The van der Waals surface area contributed by atoms with Gasteiger partial charge in [-0.2, -0.15) is 0 Å². The molecule has 0 fully saturated rings. The molecule has 2 aromatic carbocycles. The zero-order valence-electron chi connectivity index (χ0n) is 16.7. The summed E-state index contributed by atoms with van der Waals surface area (Å²) in [5.74, 6) is 0.0151. The zero-order chi connectivity index (χ0) is 23.3. The van der Waals surface area contributed by atoms with Crippen molar-refractivity contribution in [1.29, 1.82) is 0 Å². The first-order valence-electron chi connectivity index (χ1n) is 9.32. The van der Waals surface area contributed by atoms with E-state index in [9.17, 15) is 9.59 Å². The second-order valence-corrected chi connectivity index (χ2v) is 8.96. The highest BCUT2D eigenvalue weighted by atomic mass is 35.5. The number of hydrogen-bond acceptors (Lipinski definition) is 5. The quantitative estimate of drug-likeness (QED) is 0.370. The highest BCUT2D eigenvalue weighted by Crippen LogP contribution is 2.30. The molecular weight excluding hydrogens is 516 g/mol. The van der Waals surface area contributed by atoms with Crippen LogP contribution in [0.4, 0.5) is 5.69 Å². The lowest BCUT2D eigenvalue weighted by atomic mass is 10.2. The Labute approximate surface area is 208 Å². The number of amides is 2. The molecule has 0 aliphatic rings. The molecule has 168 valence electrons. The molecule has 2 N–H and O–H groups in total. The van der Waals surface area contributed by atoms with Gasteiger partial charge in [0.15, 0.2) is 11.0 Å². The summed E-state index contributed by atoms with van der Waals surface area (Å²) < 4.78 is 1.81. The number of nitrogens with one attached hydrogen (secondary N) is 2. The molecule has 0 radical (unpaired) electrons. The molecule has 0 unspecified atom stereocenters. The number of anilines is 1. The van der Waals surface area contributed by atoms with E-state index in [0.717, 1.165) is 0 Å². The van der Waals surface area contributed by atoms with Crippen LogP contribution in [0.3, 0.4) is 0 Å². The largest absolute Gasteiger partial charge is 0.345 e. The topological polar surface area (TPSA) is 88.9 Å². The average Bonchev–Trinajstić information content (AvgIpc) is 3.15. The molecule has 0 saturated heterocycles. The molecule has 0 spiro atoms. The third-order valence-corrected chi connectivity index (χ3v) is 6.58. The lowest BCUT2D eigenvalue weighted by Crippen LogP contribution is -2.25. The summed E-state index contributed by atoms with van der Waals surface area (Å²) in [6, 6.07) is 9.65. The fourth-order valence-corrected chi connectivity index (χ4v) is 4.38. The summed E-state index contributed by atoms with van der Waals surface area (Å²) >= 11 is 25.2. The van der Waals surface area contributed by atoms with Gasteiger partial charge in [-0.15, -0.1) is 10.2 Å². The predicted molar refractivity (Wildman–Crippen MR) is 129 cm³/mol. The van der Waals surface area contributed by atoms with Gasteiger partial charge in [0.25, 0.3) is 5.91 Å². The van der Waals surface area contributed by atoms with E-state index < -0.39 is 0 Å². The Hall–Kier alpha value is -1.97. The second-order valence-electron chi connectivity index (χ2n) is 6.39. The summed E-state index contributed by atoms with van der Waals surface area (Å²) in [5.41, 5.74) is 0.746. The number of carbonyl (C=O) groups excluding carboxylic acids is 2. The van der Waals surface area contributed by atoms with Gasteiger partial charge in [0.2, 0.25) is 5.91 Å². The second kappa shape index (κ2) is 11.2. The van der Waals surface area contributed by atoms with Crippen molar-refractivity contribution in [2.24, 2.45) is 0 Å². The molecule has 0 saturated carbocycles. The van der Waals surface area contributed by atoms with Gasteiger partial charge in [-0.05, 0) is 37.3 Å². The first kappa shape index (κ1) is 24.7. The smallest absolute Gasteiger partial charge is 0.253 e. The minimum atomic E-state index is -0.357. The first-order chi connectivity index (χ1) is 15.3. The Kier molecular flexibility index (Phi) is 8.67. The Morgan fingerprint density at radius 3 is 2.56 bits per heavy atom. The highest BCUT2D eigenvalue weighted by molar-refractivity contribution is 7.99. The number of aromatic nitrogens is 3. The molecule has 3 rings (SSSR count). The van der Waals surface area contributed by atoms with Crippen molar-refractivity contribution in [3.8, 4) is 0 Å². The monoisotopic (exact) mass is 531 g/mol. The van der Waals surface area contributed by atoms with Crippen LogP contribution in [0.15, 0.2) is 41.6 Å². The molecule has 7 nitrogen and oxygen atoms in total. The molecular formula is C20H17Cl4N5O2S. The van der Waals surface area contributed by atoms with Gasteiger partial charge in [-0.3, -0.25) is 9.59 Å². The maximum atomic E-state index is 12.4. The van der Waals surface area contributed by atoms with Crippen LogP contribution in [-0.2, 0) is 17.9 Å². The first-order valence-corrected chi connectivity index (χ1v) is 11.8. The molecule has 2 amide bonds. The molecule has 0 atom stereocenters. The van der Waals surface area contributed by atoms with E-state index in [4.69, 9.17) is 46.4 Å². The van der Waals surface area contributed by atoms with E-state index in [-0.39, 0.29) is 34.2 Å². The van der Waals surface area contributed by atoms with Crippen LogP contribution in [0.5, 0.6) is 0 Å². The zero-order valence-corrected chi connectivity index (χ0v) is 20.5. The van der Waals surface area contributed by atoms with E-state index in [1.165, 1.54) is 17.8 Å². The van der Waals surface area contributed by atoms with E-state index in [2.05, 4.69) is 20.8 Å². The fraction of sp³-hybridized carbons (Fsp3) is 0.200. The Bertz CT molecular complexity index is 1160. The third-order valence-electron chi connectivity index (χ3n) is 4.25. The van der Waals surface area contributed by atoms with E-state index in [0.29, 0.717) is 38.8 Å². The van der Waals surface area contributed by atoms with Gasteiger partial charge in [0.05, 0.1) is 38.6 Å².